The van der Waals surface area contributed by atoms with Crippen molar-refractivity contribution in [2.24, 2.45) is 0 Å². The molecule has 0 aliphatic carbocycles. The highest BCUT2D eigenvalue weighted by Crippen LogP contribution is 2.37. The fourth-order valence-corrected chi connectivity index (χ4v) is 4.28. The first kappa shape index (κ1) is 26.1. The van der Waals surface area contributed by atoms with Gasteiger partial charge in [0.25, 0.3) is 0 Å². The number of aliphatic hydroxyl groups is 5. The van der Waals surface area contributed by atoms with E-state index in [4.69, 9.17) is 26.2 Å². The Morgan fingerprint density at radius 3 is 2.27 bits per heavy atom. The average Bonchev–Trinajstić information content (AvgIpc) is 2.83. The fourth-order valence-electron chi connectivity index (χ4n) is 4.02. The molecule has 1 aliphatic rings. The molecule has 0 amide bonds. The van der Waals surface area contributed by atoms with Crippen LogP contribution in [0, 0.1) is 0 Å². The van der Waals surface area contributed by atoms with Crippen molar-refractivity contribution >= 4 is 11.6 Å². The molecule has 2 aromatic rings. The van der Waals surface area contributed by atoms with Gasteiger partial charge in [-0.1, -0.05) is 48.9 Å². The summed E-state index contributed by atoms with van der Waals surface area (Å²) in [6.45, 7) is 2.10. The molecule has 0 radical (unpaired) electrons. The van der Waals surface area contributed by atoms with Crippen LogP contribution in [0.25, 0.3) is 0 Å². The lowest BCUT2D eigenvalue weighted by molar-refractivity contribution is -0.232. The van der Waals surface area contributed by atoms with Gasteiger partial charge in [0.1, 0.15) is 30.5 Å². The molecular weight excluding hydrogens is 448 g/mol. The predicted octanol–water partition coefficient (Wildman–Crippen LogP) is 1.91. The van der Waals surface area contributed by atoms with Gasteiger partial charge >= 0.3 is 0 Å². The van der Waals surface area contributed by atoms with Crippen LogP contribution in [0.5, 0.6) is 0 Å². The first-order chi connectivity index (χ1) is 15.9. The summed E-state index contributed by atoms with van der Waals surface area (Å²) < 4.78 is 11.5. The van der Waals surface area contributed by atoms with E-state index in [9.17, 15) is 20.4 Å². The average molecular weight is 481 g/mol. The van der Waals surface area contributed by atoms with Gasteiger partial charge in [-0.15, -0.1) is 0 Å². The monoisotopic (exact) mass is 480 g/mol. The molecule has 3 rings (SSSR count). The van der Waals surface area contributed by atoms with E-state index in [2.05, 4.69) is 31.2 Å². The molecule has 0 aromatic heterocycles. The van der Waals surface area contributed by atoms with E-state index in [1.165, 1.54) is 5.56 Å². The van der Waals surface area contributed by atoms with Crippen LogP contribution in [-0.4, -0.2) is 69.8 Å². The number of hydrogen-bond donors (Lipinski definition) is 5. The van der Waals surface area contributed by atoms with Gasteiger partial charge in [-0.05, 0) is 53.1 Å². The zero-order valence-corrected chi connectivity index (χ0v) is 19.5. The SMILES string of the molecule is CCc1ccc(Cc2cc([C@@H]3O[C@H](CO)[C@@H](O)[C@H](O)[C@H]3O)c(COCCCO)cc2Cl)cc1. The summed E-state index contributed by atoms with van der Waals surface area (Å²) in [6.07, 6.45) is -4.34. The molecule has 0 spiro atoms. The van der Waals surface area contributed by atoms with Crippen LogP contribution in [0.15, 0.2) is 36.4 Å². The second kappa shape index (κ2) is 12.2. The lowest BCUT2D eigenvalue weighted by Crippen LogP contribution is -2.55. The van der Waals surface area contributed by atoms with Gasteiger partial charge in [0.2, 0.25) is 0 Å². The lowest BCUT2D eigenvalue weighted by Gasteiger charge is -2.41. The smallest absolute Gasteiger partial charge is 0.113 e. The van der Waals surface area contributed by atoms with Crippen LogP contribution in [0.2, 0.25) is 5.02 Å². The van der Waals surface area contributed by atoms with Crippen LogP contribution in [0.4, 0.5) is 0 Å². The molecule has 0 saturated carbocycles. The van der Waals surface area contributed by atoms with Gasteiger partial charge < -0.3 is 35.0 Å². The molecular formula is C25H33ClO7. The van der Waals surface area contributed by atoms with Crippen molar-refractivity contribution < 1.29 is 35.0 Å². The summed E-state index contributed by atoms with van der Waals surface area (Å²) in [5.41, 5.74) is 4.35. The molecule has 7 nitrogen and oxygen atoms in total. The Labute approximate surface area is 199 Å². The van der Waals surface area contributed by atoms with Crippen molar-refractivity contribution in [1.82, 2.24) is 0 Å². The zero-order valence-electron chi connectivity index (χ0n) is 18.7. The molecule has 8 heteroatoms. The van der Waals surface area contributed by atoms with Gasteiger partial charge in [0.05, 0.1) is 13.2 Å². The maximum Gasteiger partial charge on any atom is 0.113 e. The normalized spacial score (nSPS) is 25.4. The number of rotatable bonds is 10. The maximum atomic E-state index is 10.7. The van der Waals surface area contributed by atoms with Gasteiger partial charge in [-0.25, -0.2) is 0 Å². The molecule has 1 aliphatic heterocycles. The van der Waals surface area contributed by atoms with Crippen LogP contribution in [0.3, 0.4) is 0 Å². The standard InChI is InChI=1S/C25H33ClO7/c1-2-15-4-6-16(7-5-15)10-17-11-19(18(12-20(17)26)14-32-9-3-8-27)25-24(31)23(30)22(29)21(13-28)33-25/h4-7,11-12,21-25,27-31H,2-3,8-10,13-14H2,1H3/t21-,22-,23+,24-,25+/m1/s1. The largest absolute Gasteiger partial charge is 0.396 e. The van der Waals surface area contributed by atoms with E-state index in [1.807, 2.05) is 6.07 Å². The molecule has 2 aromatic carbocycles. The minimum atomic E-state index is -1.48. The lowest BCUT2D eigenvalue weighted by atomic mass is 9.87. The fraction of sp³-hybridized carbons (Fsp3) is 0.520. The molecule has 5 atom stereocenters. The molecule has 1 fully saturated rings. The number of halogens is 1. The molecule has 1 saturated heterocycles. The van der Waals surface area contributed by atoms with Gasteiger partial charge in [0, 0.05) is 18.2 Å². The van der Waals surface area contributed by atoms with E-state index in [0.717, 1.165) is 17.5 Å². The summed E-state index contributed by atoms with van der Waals surface area (Å²) in [7, 11) is 0. The number of hydrogen-bond acceptors (Lipinski definition) is 7. The van der Waals surface area contributed by atoms with E-state index in [0.29, 0.717) is 35.6 Å². The minimum absolute atomic E-state index is 0.0100. The third kappa shape index (κ3) is 6.32. The van der Waals surface area contributed by atoms with E-state index in [-0.39, 0.29) is 13.2 Å². The van der Waals surface area contributed by atoms with Gasteiger partial charge in [0.15, 0.2) is 0 Å². The first-order valence-corrected chi connectivity index (χ1v) is 11.7. The molecule has 5 N–H and O–H groups in total. The third-order valence-corrected chi connectivity index (χ3v) is 6.39. The van der Waals surface area contributed by atoms with Gasteiger partial charge in [-0.2, -0.15) is 0 Å². The molecule has 1 heterocycles. The second-order valence-corrected chi connectivity index (χ2v) is 8.78. The topological polar surface area (TPSA) is 120 Å². The Bertz CT molecular complexity index is 887. The van der Waals surface area contributed by atoms with Crippen LogP contribution >= 0.6 is 11.6 Å². The number of benzene rings is 2. The Morgan fingerprint density at radius 2 is 1.64 bits per heavy atom. The van der Waals surface area contributed by atoms with Crippen molar-refractivity contribution in [1.29, 1.82) is 0 Å². The summed E-state index contributed by atoms with van der Waals surface area (Å²) in [5, 5.41) is 50.3. The Morgan fingerprint density at radius 1 is 0.939 bits per heavy atom. The number of aryl methyl sites for hydroxylation is 1. The highest BCUT2D eigenvalue weighted by atomic mass is 35.5. The molecule has 0 unspecified atom stereocenters. The van der Waals surface area contributed by atoms with Crippen molar-refractivity contribution in [3.8, 4) is 0 Å². The van der Waals surface area contributed by atoms with Crippen molar-refractivity contribution in [2.45, 2.75) is 63.3 Å². The predicted molar refractivity (Wildman–Crippen MR) is 124 cm³/mol. The quantitative estimate of drug-likeness (QED) is 0.329. The van der Waals surface area contributed by atoms with Crippen molar-refractivity contribution in [3.63, 3.8) is 0 Å². The van der Waals surface area contributed by atoms with Gasteiger partial charge in [-0.3, -0.25) is 0 Å². The third-order valence-electron chi connectivity index (χ3n) is 6.04. The van der Waals surface area contributed by atoms with Crippen LogP contribution in [-0.2, 0) is 28.9 Å². The van der Waals surface area contributed by atoms with Crippen LogP contribution < -0.4 is 0 Å². The highest BCUT2D eigenvalue weighted by Gasteiger charge is 2.44. The van der Waals surface area contributed by atoms with E-state index >= 15 is 0 Å². The Balaban J connectivity index is 1.95. The molecule has 33 heavy (non-hydrogen) atoms. The van der Waals surface area contributed by atoms with E-state index in [1.54, 1.807) is 6.07 Å². The summed E-state index contributed by atoms with van der Waals surface area (Å²) in [6, 6.07) is 11.8. The Kier molecular flexibility index (Phi) is 9.67. The zero-order chi connectivity index (χ0) is 24.0. The van der Waals surface area contributed by atoms with Crippen LogP contribution in [0.1, 0.15) is 47.3 Å². The van der Waals surface area contributed by atoms with E-state index < -0.39 is 37.1 Å². The maximum absolute atomic E-state index is 10.7. The number of ether oxygens (including phenoxy) is 2. The molecule has 0 bridgehead atoms. The van der Waals surface area contributed by atoms with Crippen molar-refractivity contribution in [3.05, 3.63) is 69.2 Å². The summed E-state index contributed by atoms with van der Waals surface area (Å²) in [5.74, 6) is 0. The Hall–Kier alpha value is -1.55. The summed E-state index contributed by atoms with van der Waals surface area (Å²) in [4.78, 5) is 0. The molecule has 182 valence electrons. The second-order valence-electron chi connectivity index (χ2n) is 8.37. The minimum Gasteiger partial charge on any atom is -0.396 e. The highest BCUT2D eigenvalue weighted by molar-refractivity contribution is 6.31. The number of aliphatic hydroxyl groups excluding tert-OH is 5. The summed E-state index contributed by atoms with van der Waals surface area (Å²) >= 11 is 6.60. The van der Waals surface area contributed by atoms with Crippen molar-refractivity contribution in [2.75, 3.05) is 19.8 Å². The first-order valence-electron chi connectivity index (χ1n) is 11.3.